The number of thioether (sulfide) groups is 1. The molecule has 0 bridgehead atoms. The monoisotopic (exact) mass is 374 g/mol. The number of nitro groups is 1. The van der Waals surface area contributed by atoms with Gasteiger partial charge in [0.2, 0.25) is 0 Å². The fraction of sp³-hybridized carbons (Fsp3) is 0.222. The van der Waals surface area contributed by atoms with E-state index in [1.807, 2.05) is 31.2 Å². The molecular formula is C18H18N2O5S. The highest BCUT2D eigenvalue weighted by atomic mass is 32.2. The molecule has 136 valence electrons. The number of hydrogen-bond donors (Lipinski definition) is 1. The second-order valence-corrected chi connectivity index (χ2v) is 6.54. The lowest BCUT2D eigenvalue weighted by molar-refractivity contribution is -0.384. The smallest absolute Gasteiger partial charge is 0.316 e. The van der Waals surface area contributed by atoms with Crippen LogP contribution in [0.3, 0.4) is 0 Å². The fourth-order valence-electron chi connectivity index (χ4n) is 2.13. The average Bonchev–Trinajstić information content (AvgIpc) is 2.60. The van der Waals surface area contributed by atoms with E-state index in [1.165, 1.54) is 30.0 Å². The topological polar surface area (TPSA) is 98.5 Å². The number of rotatable bonds is 7. The van der Waals surface area contributed by atoms with Crippen LogP contribution in [0, 0.1) is 24.0 Å². The standard InChI is InChI=1S/C18H18N2O5S/c1-12-5-3-4-6-16(12)26-11-18(22)25-10-17(21)19-15-8-7-14(20(23)24)9-13(15)2/h3-9H,10-11H2,1-2H3,(H,19,21). The molecule has 1 N–H and O–H groups in total. The van der Waals surface area contributed by atoms with Gasteiger partial charge in [-0.3, -0.25) is 19.7 Å². The number of ether oxygens (including phenoxy) is 1. The molecule has 2 rings (SSSR count). The van der Waals surface area contributed by atoms with Crippen LogP contribution in [0.15, 0.2) is 47.4 Å². The molecule has 0 unspecified atom stereocenters. The van der Waals surface area contributed by atoms with E-state index < -0.39 is 23.4 Å². The van der Waals surface area contributed by atoms with Gasteiger partial charge in [-0.1, -0.05) is 18.2 Å². The van der Waals surface area contributed by atoms with Crippen LogP contribution in [-0.2, 0) is 14.3 Å². The zero-order valence-corrected chi connectivity index (χ0v) is 15.2. The number of carbonyl (C=O) groups excluding carboxylic acids is 2. The summed E-state index contributed by atoms with van der Waals surface area (Å²) in [5, 5.41) is 13.3. The summed E-state index contributed by atoms with van der Waals surface area (Å²) in [5.74, 6) is -0.890. The molecule has 0 aliphatic carbocycles. The molecule has 8 heteroatoms. The Kier molecular flexibility index (Phi) is 6.74. The van der Waals surface area contributed by atoms with Crippen LogP contribution in [0.5, 0.6) is 0 Å². The number of nitro benzene ring substituents is 1. The van der Waals surface area contributed by atoms with Crippen molar-refractivity contribution in [1.82, 2.24) is 0 Å². The number of anilines is 1. The second kappa shape index (κ2) is 9.00. The summed E-state index contributed by atoms with van der Waals surface area (Å²) in [6.07, 6.45) is 0. The minimum absolute atomic E-state index is 0.0554. The van der Waals surface area contributed by atoms with Gasteiger partial charge in [0.15, 0.2) is 6.61 Å². The van der Waals surface area contributed by atoms with Crippen LogP contribution in [0.1, 0.15) is 11.1 Å². The van der Waals surface area contributed by atoms with Crippen molar-refractivity contribution in [2.75, 3.05) is 17.7 Å². The maximum absolute atomic E-state index is 11.9. The number of nitrogens with one attached hydrogen (secondary N) is 1. The van der Waals surface area contributed by atoms with E-state index >= 15 is 0 Å². The van der Waals surface area contributed by atoms with Crippen molar-refractivity contribution in [2.45, 2.75) is 18.7 Å². The van der Waals surface area contributed by atoms with Gasteiger partial charge < -0.3 is 10.1 Å². The van der Waals surface area contributed by atoms with Crippen molar-refractivity contribution >= 4 is 35.0 Å². The van der Waals surface area contributed by atoms with Crippen LogP contribution in [-0.4, -0.2) is 29.2 Å². The number of nitrogens with zero attached hydrogens (tertiary/aromatic N) is 1. The van der Waals surface area contributed by atoms with Crippen LogP contribution >= 0.6 is 11.8 Å². The maximum Gasteiger partial charge on any atom is 0.316 e. The molecule has 0 heterocycles. The number of benzene rings is 2. The van der Waals surface area contributed by atoms with E-state index in [0.29, 0.717) is 11.3 Å². The molecule has 0 aromatic heterocycles. The molecule has 0 radical (unpaired) electrons. The van der Waals surface area contributed by atoms with Crippen molar-refractivity contribution in [3.05, 3.63) is 63.7 Å². The Morgan fingerprint density at radius 2 is 1.88 bits per heavy atom. The van der Waals surface area contributed by atoms with Gasteiger partial charge in [0.1, 0.15) is 0 Å². The highest BCUT2D eigenvalue weighted by molar-refractivity contribution is 8.00. The first kappa shape index (κ1) is 19.5. The molecule has 0 fully saturated rings. The summed E-state index contributed by atoms with van der Waals surface area (Å²) in [7, 11) is 0. The Balaban J connectivity index is 1.80. The van der Waals surface area contributed by atoms with E-state index in [1.54, 1.807) is 6.92 Å². The van der Waals surface area contributed by atoms with E-state index in [9.17, 15) is 19.7 Å². The minimum Gasteiger partial charge on any atom is -0.455 e. The lowest BCUT2D eigenvalue weighted by atomic mass is 10.2. The molecule has 0 saturated carbocycles. The van der Waals surface area contributed by atoms with Gasteiger partial charge in [0.05, 0.1) is 10.7 Å². The highest BCUT2D eigenvalue weighted by Gasteiger charge is 2.12. The minimum atomic E-state index is -0.507. The summed E-state index contributed by atoms with van der Waals surface area (Å²) < 4.78 is 4.96. The molecular weight excluding hydrogens is 356 g/mol. The number of aryl methyl sites for hydroxylation is 2. The van der Waals surface area contributed by atoms with Crippen molar-refractivity contribution < 1.29 is 19.2 Å². The van der Waals surface area contributed by atoms with Crippen LogP contribution < -0.4 is 5.32 Å². The molecule has 0 spiro atoms. The molecule has 7 nitrogen and oxygen atoms in total. The summed E-state index contributed by atoms with van der Waals surface area (Å²) >= 11 is 1.35. The summed E-state index contributed by atoms with van der Waals surface area (Å²) in [6.45, 7) is 3.19. The van der Waals surface area contributed by atoms with Crippen LogP contribution in [0.2, 0.25) is 0 Å². The number of non-ortho nitro benzene ring substituents is 1. The first-order chi connectivity index (χ1) is 12.4. The lowest BCUT2D eigenvalue weighted by Crippen LogP contribution is -2.22. The first-order valence-electron chi connectivity index (χ1n) is 7.76. The van der Waals surface area contributed by atoms with Gasteiger partial charge in [-0.15, -0.1) is 11.8 Å². The first-order valence-corrected chi connectivity index (χ1v) is 8.74. The number of esters is 1. The second-order valence-electron chi connectivity index (χ2n) is 5.52. The van der Waals surface area contributed by atoms with Crippen molar-refractivity contribution in [3.8, 4) is 0 Å². The zero-order valence-electron chi connectivity index (χ0n) is 14.4. The largest absolute Gasteiger partial charge is 0.455 e. The third-order valence-electron chi connectivity index (χ3n) is 3.50. The van der Waals surface area contributed by atoms with Crippen molar-refractivity contribution in [2.24, 2.45) is 0 Å². The quantitative estimate of drug-likeness (QED) is 0.345. The molecule has 2 aromatic rings. The highest BCUT2D eigenvalue weighted by Crippen LogP contribution is 2.22. The van der Waals surface area contributed by atoms with Gasteiger partial charge in [-0.2, -0.15) is 0 Å². The Labute approximate surface area is 154 Å². The molecule has 26 heavy (non-hydrogen) atoms. The van der Waals surface area contributed by atoms with E-state index in [0.717, 1.165) is 10.5 Å². The summed E-state index contributed by atoms with van der Waals surface area (Å²) in [4.78, 5) is 34.8. The third kappa shape index (κ3) is 5.59. The Hall–Kier alpha value is -2.87. The van der Waals surface area contributed by atoms with E-state index in [-0.39, 0.29) is 11.4 Å². The summed E-state index contributed by atoms with van der Waals surface area (Å²) in [5.41, 5.74) is 2.00. The van der Waals surface area contributed by atoms with Gasteiger partial charge in [0.25, 0.3) is 11.6 Å². The van der Waals surface area contributed by atoms with Crippen LogP contribution in [0.4, 0.5) is 11.4 Å². The van der Waals surface area contributed by atoms with E-state index in [4.69, 9.17) is 4.74 Å². The van der Waals surface area contributed by atoms with E-state index in [2.05, 4.69) is 5.32 Å². The fourth-order valence-corrected chi connectivity index (χ4v) is 2.96. The third-order valence-corrected chi connectivity index (χ3v) is 4.65. The predicted octanol–water partition coefficient (Wildman–Crippen LogP) is 3.49. The molecule has 0 aliphatic heterocycles. The molecule has 1 amide bonds. The van der Waals surface area contributed by atoms with Crippen LogP contribution in [0.25, 0.3) is 0 Å². The molecule has 0 atom stereocenters. The molecule has 2 aromatic carbocycles. The predicted molar refractivity (Wildman–Crippen MR) is 99.3 cm³/mol. The van der Waals surface area contributed by atoms with Gasteiger partial charge in [0, 0.05) is 22.7 Å². The van der Waals surface area contributed by atoms with Crippen molar-refractivity contribution in [1.29, 1.82) is 0 Å². The maximum atomic E-state index is 11.9. The Morgan fingerprint density at radius 3 is 2.54 bits per heavy atom. The lowest BCUT2D eigenvalue weighted by Gasteiger charge is -2.09. The van der Waals surface area contributed by atoms with Gasteiger partial charge >= 0.3 is 5.97 Å². The SMILES string of the molecule is Cc1cc([N+](=O)[O-])ccc1NC(=O)COC(=O)CSc1ccccc1C. The Morgan fingerprint density at radius 1 is 1.15 bits per heavy atom. The average molecular weight is 374 g/mol. The number of hydrogen-bond acceptors (Lipinski definition) is 6. The Bertz CT molecular complexity index is 838. The molecule has 0 saturated heterocycles. The zero-order chi connectivity index (χ0) is 19.1. The number of amides is 1. The normalized spacial score (nSPS) is 10.2. The summed E-state index contributed by atoms with van der Waals surface area (Å²) in [6, 6.07) is 11.8. The van der Waals surface area contributed by atoms with Gasteiger partial charge in [-0.05, 0) is 37.1 Å². The van der Waals surface area contributed by atoms with Crippen molar-refractivity contribution in [3.63, 3.8) is 0 Å². The molecule has 0 aliphatic rings. The number of carbonyl (C=O) groups is 2. The van der Waals surface area contributed by atoms with Gasteiger partial charge in [-0.25, -0.2) is 0 Å².